The van der Waals surface area contributed by atoms with Crippen LogP contribution in [0.25, 0.3) is 33.1 Å². The molecule has 41 heavy (non-hydrogen) atoms. The number of rotatable bonds is 6. The molecule has 0 atom stereocenters. The number of hydrogen-bond acceptors (Lipinski definition) is 8. The maximum Gasteiger partial charge on any atom is 0.322 e. The van der Waals surface area contributed by atoms with E-state index < -0.39 is 12.4 Å². The summed E-state index contributed by atoms with van der Waals surface area (Å²) < 4.78 is 29.2. The Kier molecular flexibility index (Phi) is 6.74. The van der Waals surface area contributed by atoms with Crippen LogP contribution in [0.2, 0.25) is 0 Å². The summed E-state index contributed by atoms with van der Waals surface area (Å²) in [5.41, 5.74) is 3.38. The molecule has 1 N–H and O–H groups in total. The van der Waals surface area contributed by atoms with Crippen LogP contribution in [0.5, 0.6) is 17.5 Å². The summed E-state index contributed by atoms with van der Waals surface area (Å²) >= 11 is 0. The highest BCUT2D eigenvalue weighted by Crippen LogP contribution is 2.40. The number of fused-ring (bicyclic) bond motifs is 3. The summed E-state index contributed by atoms with van der Waals surface area (Å²) in [6.07, 6.45) is 6.43. The summed E-state index contributed by atoms with van der Waals surface area (Å²) in [6, 6.07) is 10.3. The number of imidazole rings is 1. The largest absolute Gasteiger partial charge is 0.496 e. The smallest absolute Gasteiger partial charge is 0.322 e. The van der Waals surface area contributed by atoms with Gasteiger partial charge in [-0.2, -0.15) is 0 Å². The molecule has 1 saturated heterocycles. The Hall–Kier alpha value is -4.64. The number of aromatic nitrogens is 5. The summed E-state index contributed by atoms with van der Waals surface area (Å²) in [7, 11) is 1.52. The third-order valence-corrected chi connectivity index (χ3v) is 7.82. The fourth-order valence-electron chi connectivity index (χ4n) is 5.45. The van der Waals surface area contributed by atoms with Crippen molar-refractivity contribution in [1.82, 2.24) is 29.4 Å². The van der Waals surface area contributed by atoms with Gasteiger partial charge in [0.15, 0.2) is 0 Å². The molecule has 4 heterocycles. The highest BCUT2D eigenvalue weighted by atomic mass is 19.1. The van der Waals surface area contributed by atoms with Crippen molar-refractivity contribution in [2.75, 3.05) is 26.8 Å². The van der Waals surface area contributed by atoms with Crippen molar-refractivity contribution in [2.24, 2.45) is 0 Å². The first-order chi connectivity index (χ1) is 19.8. The predicted octanol–water partition coefficient (Wildman–Crippen LogP) is 4.62. The van der Waals surface area contributed by atoms with Gasteiger partial charge in [-0.1, -0.05) is 0 Å². The number of hydrogen-bond donors (Lipinski definition) is 1. The van der Waals surface area contributed by atoms with Gasteiger partial charge in [-0.3, -0.25) is 9.78 Å². The van der Waals surface area contributed by atoms with E-state index in [0.717, 1.165) is 16.6 Å². The molecule has 0 radical (unpaired) electrons. The van der Waals surface area contributed by atoms with Crippen LogP contribution in [-0.4, -0.2) is 67.2 Å². The first-order valence-corrected chi connectivity index (χ1v) is 13.3. The van der Waals surface area contributed by atoms with E-state index in [1.165, 1.54) is 13.2 Å². The molecular weight excluding hydrogens is 527 g/mol. The molecule has 0 aliphatic carbocycles. The van der Waals surface area contributed by atoms with E-state index in [1.54, 1.807) is 54.0 Å². The van der Waals surface area contributed by atoms with Gasteiger partial charge >= 0.3 is 6.01 Å². The monoisotopic (exact) mass is 556 g/mol. The maximum atomic E-state index is 15.6. The van der Waals surface area contributed by atoms with E-state index in [2.05, 4.69) is 31.4 Å². The van der Waals surface area contributed by atoms with E-state index in [4.69, 9.17) is 9.47 Å². The van der Waals surface area contributed by atoms with Gasteiger partial charge in [0.05, 0.1) is 30.7 Å². The minimum Gasteiger partial charge on any atom is -0.496 e. The Balaban J connectivity index is 1.42. The molecule has 6 rings (SSSR count). The highest BCUT2D eigenvalue weighted by molar-refractivity contribution is 6.04. The van der Waals surface area contributed by atoms with Gasteiger partial charge in [-0.25, -0.2) is 19.3 Å². The Morgan fingerprint density at radius 2 is 1.88 bits per heavy atom. The lowest BCUT2D eigenvalue weighted by atomic mass is 9.88. The Morgan fingerprint density at radius 1 is 1.07 bits per heavy atom. The van der Waals surface area contributed by atoms with Gasteiger partial charge in [0, 0.05) is 59.2 Å². The number of halogens is 1. The van der Waals surface area contributed by atoms with E-state index in [9.17, 15) is 9.90 Å². The normalized spacial score (nSPS) is 14.9. The van der Waals surface area contributed by atoms with E-state index in [-0.39, 0.29) is 17.5 Å². The van der Waals surface area contributed by atoms with Crippen LogP contribution in [0.15, 0.2) is 55.1 Å². The highest BCUT2D eigenvalue weighted by Gasteiger charge is 2.34. The number of aliphatic hydroxyl groups is 1. The van der Waals surface area contributed by atoms with E-state index in [1.807, 2.05) is 6.92 Å². The quantitative estimate of drug-likeness (QED) is 0.322. The molecule has 1 amide bonds. The minimum atomic E-state index is -0.494. The second kappa shape index (κ2) is 10.4. The zero-order valence-electron chi connectivity index (χ0n) is 23.0. The molecule has 0 bridgehead atoms. The molecule has 0 unspecified atom stereocenters. The van der Waals surface area contributed by atoms with Gasteiger partial charge in [-0.05, 0) is 51.0 Å². The lowest BCUT2D eigenvalue weighted by Crippen LogP contribution is -2.47. The molecule has 0 spiro atoms. The van der Waals surface area contributed by atoms with Crippen molar-refractivity contribution in [3.63, 3.8) is 0 Å². The SMILES string of the molecule is COc1cc(Oc2nccc(C)n2)ccc1-c1cc2c(cc1F)ncc1ncn(C3(C)CCN(C(=O)CO)CC3)c12. The van der Waals surface area contributed by atoms with Crippen molar-refractivity contribution in [2.45, 2.75) is 32.2 Å². The van der Waals surface area contributed by atoms with Crippen LogP contribution in [0.3, 0.4) is 0 Å². The topological polar surface area (TPSA) is 115 Å². The molecule has 0 saturated carbocycles. The van der Waals surface area contributed by atoms with Gasteiger partial charge in [0.2, 0.25) is 5.91 Å². The average Bonchev–Trinajstić information content (AvgIpc) is 3.43. The second-order valence-corrected chi connectivity index (χ2v) is 10.4. The summed E-state index contributed by atoms with van der Waals surface area (Å²) in [4.78, 5) is 31.2. The van der Waals surface area contributed by atoms with E-state index >= 15 is 4.39 Å². The number of likely N-dealkylation sites (tertiary alicyclic amines) is 1. The van der Waals surface area contributed by atoms with Crippen molar-refractivity contribution < 1.29 is 23.8 Å². The van der Waals surface area contributed by atoms with Crippen LogP contribution in [-0.2, 0) is 10.3 Å². The van der Waals surface area contributed by atoms with Crippen LogP contribution in [0.1, 0.15) is 25.5 Å². The lowest BCUT2D eigenvalue weighted by molar-refractivity contribution is -0.136. The molecular formula is C30H29FN6O4. The second-order valence-electron chi connectivity index (χ2n) is 10.4. The third kappa shape index (κ3) is 4.82. The maximum absolute atomic E-state index is 15.6. The number of benzene rings is 2. The van der Waals surface area contributed by atoms with Gasteiger partial charge in [0.25, 0.3) is 0 Å². The van der Waals surface area contributed by atoms with Crippen molar-refractivity contribution >= 4 is 27.8 Å². The number of piperidine rings is 1. The van der Waals surface area contributed by atoms with Crippen molar-refractivity contribution in [1.29, 1.82) is 0 Å². The number of aliphatic hydroxyl groups excluding tert-OH is 1. The molecule has 2 aromatic carbocycles. The summed E-state index contributed by atoms with van der Waals surface area (Å²) in [5, 5.41) is 10.0. The zero-order valence-corrected chi connectivity index (χ0v) is 23.0. The number of carbonyl (C=O) groups excluding carboxylic acids is 1. The van der Waals surface area contributed by atoms with Crippen molar-refractivity contribution in [3.8, 4) is 28.6 Å². The van der Waals surface area contributed by atoms with E-state index in [0.29, 0.717) is 59.6 Å². The van der Waals surface area contributed by atoms with Crippen LogP contribution in [0.4, 0.5) is 4.39 Å². The van der Waals surface area contributed by atoms with Crippen molar-refractivity contribution in [3.05, 3.63) is 66.6 Å². The van der Waals surface area contributed by atoms with Gasteiger partial charge in [-0.15, -0.1) is 0 Å². The molecule has 10 nitrogen and oxygen atoms in total. The molecule has 11 heteroatoms. The molecule has 3 aromatic heterocycles. The summed E-state index contributed by atoms with van der Waals surface area (Å²) in [5.74, 6) is 0.175. The lowest BCUT2D eigenvalue weighted by Gasteiger charge is -2.40. The Morgan fingerprint density at radius 3 is 2.61 bits per heavy atom. The standard InChI is InChI=1S/C30H29FN6O4/c1-18-6-9-32-29(35-18)41-19-4-5-20(26(12-19)40-3)21-13-22-24(14-23(21)31)33-15-25-28(22)37(17-34-25)30(2)7-10-36(11-8-30)27(39)16-38/h4-6,9,12-15,17,38H,7-8,10-11,16H2,1-3H3. The first-order valence-electron chi connectivity index (χ1n) is 13.3. The summed E-state index contributed by atoms with van der Waals surface area (Å²) in [6.45, 7) is 4.53. The number of methoxy groups -OCH3 is 1. The molecule has 1 aliphatic heterocycles. The minimum absolute atomic E-state index is 0.207. The molecule has 1 fully saturated rings. The molecule has 1 aliphatic rings. The first kappa shape index (κ1) is 26.6. The number of nitrogens with zero attached hydrogens (tertiary/aromatic N) is 6. The van der Waals surface area contributed by atoms with Crippen LogP contribution < -0.4 is 9.47 Å². The average molecular weight is 557 g/mol. The fourth-order valence-corrected chi connectivity index (χ4v) is 5.45. The fraction of sp³-hybridized carbons (Fsp3) is 0.300. The number of pyridine rings is 1. The van der Waals surface area contributed by atoms with Gasteiger partial charge in [0.1, 0.15) is 29.4 Å². The van der Waals surface area contributed by atoms with Gasteiger partial charge < -0.3 is 24.0 Å². The number of ether oxygens (including phenoxy) is 2. The number of carbonyl (C=O) groups is 1. The Labute approximate surface area is 235 Å². The number of aryl methyl sites for hydroxylation is 1. The predicted molar refractivity (Wildman–Crippen MR) is 150 cm³/mol. The Bertz CT molecular complexity index is 1780. The van der Waals surface area contributed by atoms with Crippen LogP contribution in [0, 0.1) is 12.7 Å². The zero-order chi connectivity index (χ0) is 28.7. The molecule has 5 aromatic rings. The van der Waals surface area contributed by atoms with Crippen LogP contribution >= 0.6 is 0 Å². The third-order valence-electron chi connectivity index (χ3n) is 7.82. The molecule has 210 valence electrons. The number of amides is 1.